The maximum Gasteiger partial charge on any atom is 0.231 e. The fraction of sp³-hybridized carbons (Fsp3) is 0.462. The molecular formula is C26H35NO4. The molecule has 0 fully saturated rings. The Bertz CT molecular complexity index is 802. The van der Waals surface area contributed by atoms with Crippen molar-refractivity contribution < 1.29 is 18.9 Å². The molecule has 0 saturated heterocycles. The molecule has 1 N–H and O–H groups in total. The molecule has 168 valence electrons. The van der Waals surface area contributed by atoms with Gasteiger partial charge in [0.25, 0.3) is 0 Å². The largest absolute Gasteiger partial charge is 0.454 e. The Hall–Kier alpha value is -2.34. The number of benzene rings is 2. The minimum absolute atomic E-state index is 0.218. The van der Waals surface area contributed by atoms with Crippen molar-refractivity contribution in [2.24, 2.45) is 0 Å². The number of hydrogen-bond donors (Lipinski definition) is 1. The highest BCUT2D eigenvalue weighted by atomic mass is 16.7. The van der Waals surface area contributed by atoms with Gasteiger partial charge in [-0.15, -0.1) is 0 Å². The summed E-state index contributed by atoms with van der Waals surface area (Å²) in [6, 6.07) is 16.8. The number of nitrogens with one attached hydrogen (secondary N) is 1. The lowest BCUT2D eigenvalue weighted by molar-refractivity contribution is -0.143. The van der Waals surface area contributed by atoms with Gasteiger partial charge in [-0.3, -0.25) is 0 Å². The molecule has 1 aliphatic rings. The summed E-state index contributed by atoms with van der Waals surface area (Å²) in [5, 5.41) is 3.69. The second kappa shape index (κ2) is 12.5. The quantitative estimate of drug-likeness (QED) is 0.345. The summed E-state index contributed by atoms with van der Waals surface area (Å²) in [5.41, 5.74) is 2.43. The van der Waals surface area contributed by atoms with Crippen LogP contribution in [0.4, 0.5) is 0 Å². The first-order chi connectivity index (χ1) is 15.2. The Labute approximate surface area is 186 Å². The van der Waals surface area contributed by atoms with E-state index < -0.39 is 0 Å². The molecule has 1 aliphatic heterocycles. The summed E-state index contributed by atoms with van der Waals surface area (Å²) >= 11 is 0. The highest BCUT2D eigenvalue weighted by molar-refractivity contribution is 5.48. The van der Waals surface area contributed by atoms with E-state index in [2.05, 4.69) is 60.8 Å². The van der Waals surface area contributed by atoms with E-state index in [0.29, 0.717) is 13.2 Å². The van der Waals surface area contributed by atoms with E-state index >= 15 is 0 Å². The van der Waals surface area contributed by atoms with Crippen LogP contribution in [0.2, 0.25) is 0 Å². The van der Waals surface area contributed by atoms with Crippen LogP contribution in [0.1, 0.15) is 50.7 Å². The van der Waals surface area contributed by atoms with Crippen LogP contribution in [0.5, 0.6) is 11.5 Å². The molecule has 3 rings (SSSR count). The van der Waals surface area contributed by atoms with Crippen molar-refractivity contribution in [1.29, 1.82) is 0 Å². The summed E-state index contributed by atoms with van der Waals surface area (Å²) < 4.78 is 22.8. The van der Waals surface area contributed by atoms with Crippen molar-refractivity contribution in [2.75, 3.05) is 26.6 Å². The van der Waals surface area contributed by atoms with Crippen LogP contribution in [0, 0.1) is 0 Å². The average Bonchev–Trinajstić information content (AvgIpc) is 3.26. The molecule has 0 saturated carbocycles. The zero-order chi connectivity index (χ0) is 21.9. The molecule has 0 aliphatic carbocycles. The zero-order valence-electron chi connectivity index (χ0n) is 18.9. The molecule has 5 nitrogen and oxygen atoms in total. The third kappa shape index (κ3) is 7.10. The van der Waals surface area contributed by atoms with E-state index in [1.807, 2.05) is 26.0 Å². The topological polar surface area (TPSA) is 49.0 Å². The van der Waals surface area contributed by atoms with Gasteiger partial charge in [-0.25, -0.2) is 0 Å². The van der Waals surface area contributed by atoms with Gasteiger partial charge in [0.1, 0.15) is 0 Å². The second-order valence-electron chi connectivity index (χ2n) is 7.64. The normalized spacial score (nSPS) is 15.0. The fourth-order valence-corrected chi connectivity index (χ4v) is 3.86. The van der Waals surface area contributed by atoms with Gasteiger partial charge in [-0.05, 0) is 57.0 Å². The summed E-state index contributed by atoms with van der Waals surface area (Å²) in [6.45, 7) is 8.68. The van der Waals surface area contributed by atoms with Gasteiger partial charge in [0.05, 0.1) is 0 Å². The lowest BCUT2D eigenvalue weighted by Crippen LogP contribution is -2.35. The maximum atomic E-state index is 5.85. The molecule has 2 aromatic rings. The van der Waals surface area contributed by atoms with E-state index in [0.717, 1.165) is 30.9 Å². The van der Waals surface area contributed by atoms with E-state index in [4.69, 9.17) is 18.9 Å². The van der Waals surface area contributed by atoms with Crippen molar-refractivity contribution in [3.8, 4) is 11.5 Å². The summed E-state index contributed by atoms with van der Waals surface area (Å²) in [7, 11) is 0. The van der Waals surface area contributed by atoms with Gasteiger partial charge >= 0.3 is 0 Å². The lowest BCUT2D eigenvalue weighted by Gasteiger charge is -2.29. The molecule has 1 heterocycles. The van der Waals surface area contributed by atoms with Crippen molar-refractivity contribution in [3.05, 3.63) is 65.7 Å². The Morgan fingerprint density at radius 2 is 1.74 bits per heavy atom. The molecule has 5 heteroatoms. The first kappa shape index (κ1) is 23.3. The number of ether oxygens (including phenoxy) is 4. The van der Waals surface area contributed by atoms with E-state index in [1.165, 1.54) is 11.1 Å². The average molecular weight is 426 g/mol. The molecule has 0 bridgehead atoms. The predicted molar refractivity (Wildman–Crippen MR) is 125 cm³/mol. The highest BCUT2D eigenvalue weighted by Gasteiger charge is 2.26. The molecular weight excluding hydrogens is 390 g/mol. The van der Waals surface area contributed by atoms with E-state index in [9.17, 15) is 0 Å². The lowest BCUT2D eigenvalue weighted by atomic mass is 9.88. The minimum atomic E-state index is -0.229. The maximum absolute atomic E-state index is 5.85. The van der Waals surface area contributed by atoms with Crippen molar-refractivity contribution in [2.45, 2.75) is 51.9 Å². The Balaban J connectivity index is 1.63. The standard InChI is InChI=1S/C26H35NO4/c1-4-28-26(29-5-2)18-23(22-14-15-24-25(17-22)31-19-30-24)20(3)27-16-10-9-13-21-11-7-6-8-12-21/h6-9,11-15,17,20,23,26-27H,4-5,10,16,18-19H2,1-3H3/b13-9+. The molecule has 0 amide bonds. The molecule has 2 unspecified atom stereocenters. The summed E-state index contributed by atoms with van der Waals surface area (Å²) in [5.74, 6) is 1.83. The third-order valence-corrected chi connectivity index (χ3v) is 5.47. The Morgan fingerprint density at radius 1 is 1.00 bits per heavy atom. The van der Waals surface area contributed by atoms with Crippen LogP contribution >= 0.6 is 0 Å². The number of fused-ring (bicyclic) bond motifs is 1. The molecule has 0 aromatic heterocycles. The van der Waals surface area contributed by atoms with Gasteiger partial charge in [0.2, 0.25) is 6.79 Å². The van der Waals surface area contributed by atoms with Crippen molar-refractivity contribution in [1.82, 2.24) is 5.32 Å². The zero-order valence-corrected chi connectivity index (χ0v) is 18.9. The van der Waals surface area contributed by atoms with Crippen LogP contribution in [0.3, 0.4) is 0 Å². The van der Waals surface area contributed by atoms with Crippen molar-refractivity contribution >= 4 is 6.08 Å². The highest BCUT2D eigenvalue weighted by Crippen LogP contribution is 2.37. The smallest absolute Gasteiger partial charge is 0.231 e. The Kier molecular flexibility index (Phi) is 9.40. The molecule has 31 heavy (non-hydrogen) atoms. The van der Waals surface area contributed by atoms with Crippen LogP contribution < -0.4 is 14.8 Å². The second-order valence-corrected chi connectivity index (χ2v) is 7.64. The van der Waals surface area contributed by atoms with E-state index in [-0.39, 0.29) is 25.0 Å². The first-order valence-electron chi connectivity index (χ1n) is 11.3. The van der Waals surface area contributed by atoms with Gasteiger partial charge in [-0.2, -0.15) is 0 Å². The number of rotatable bonds is 13. The van der Waals surface area contributed by atoms with Gasteiger partial charge in [0.15, 0.2) is 17.8 Å². The molecule has 2 aromatic carbocycles. The first-order valence-corrected chi connectivity index (χ1v) is 11.3. The Morgan fingerprint density at radius 3 is 2.48 bits per heavy atom. The van der Waals surface area contributed by atoms with Crippen LogP contribution in [-0.4, -0.2) is 38.9 Å². The van der Waals surface area contributed by atoms with Crippen molar-refractivity contribution in [3.63, 3.8) is 0 Å². The monoisotopic (exact) mass is 425 g/mol. The molecule has 0 radical (unpaired) electrons. The minimum Gasteiger partial charge on any atom is -0.454 e. The SMILES string of the molecule is CCOC(CC(c1ccc2c(c1)OCO2)C(C)NCC/C=C/c1ccccc1)OCC. The van der Waals surface area contributed by atoms with Gasteiger partial charge in [0, 0.05) is 31.6 Å². The van der Waals surface area contributed by atoms with Gasteiger partial charge in [-0.1, -0.05) is 48.6 Å². The third-order valence-electron chi connectivity index (χ3n) is 5.47. The fourth-order valence-electron chi connectivity index (χ4n) is 3.86. The van der Waals surface area contributed by atoms with Gasteiger partial charge < -0.3 is 24.3 Å². The summed E-state index contributed by atoms with van der Waals surface area (Å²) in [4.78, 5) is 0. The predicted octanol–water partition coefficient (Wildman–Crippen LogP) is 5.37. The van der Waals surface area contributed by atoms with E-state index in [1.54, 1.807) is 0 Å². The molecule has 0 spiro atoms. The molecule has 2 atom stereocenters. The van der Waals surface area contributed by atoms with Crippen LogP contribution in [0.25, 0.3) is 6.08 Å². The number of hydrogen-bond acceptors (Lipinski definition) is 5. The summed E-state index contributed by atoms with van der Waals surface area (Å²) in [6.07, 6.45) is 5.89. The van der Waals surface area contributed by atoms with Crippen LogP contribution in [0.15, 0.2) is 54.6 Å². The van der Waals surface area contributed by atoms with Crippen LogP contribution in [-0.2, 0) is 9.47 Å².